The average Bonchev–Trinajstić information content (AvgIpc) is 3.36. The summed E-state index contributed by atoms with van der Waals surface area (Å²) in [5, 5.41) is 0.601. The quantitative estimate of drug-likeness (QED) is 0.702. The molecule has 3 rings (SSSR count). The van der Waals surface area contributed by atoms with Gasteiger partial charge >= 0.3 is 5.97 Å². The summed E-state index contributed by atoms with van der Waals surface area (Å²) < 4.78 is 15.4. The van der Waals surface area contributed by atoms with Crippen LogP contribution in [0.2, 0.25) is 5.02 Å². The van der Waals surface area contributed by atoms with Crippen LogP contribution in [0.15, 0.2) is 34.9 Å². The van der Waals surface area contributed by atoms with Gasteiger partial charge in [-0.05, 0) is 37.1 Å². The molecular weight excluding hydrogens is 348 g/mol. The molecule has 25 heavy (non-hydrogen) atoms. The Kier molecular flexibility index (Phi) is 5.23. The number of carbonyl (C=O) groups is 2. The van der Waals surface area contributed by atoms with Crippen molar-refractivity contribution < 1.29 is 23.5 Å². The van der Waals surface area contributed by atoms with Crippen LogP contribution in [0.25, 0.3) is 0 Å². The van der Waals surface area contributed by atoms with E-state index >= 15 is 0 Å². The number of aromatic nitrogens is 1. The molecule has 0 aliphatic heterocycles. The zero-order chi connectivity index (χ0) is 17.8. The predicted molar refractivity (Wildman–Crippen MR) is 88.4 cm³/mol. The van der Waals surface area contributed by atoms with Crippen molar-refractivity contribution in [2.24, 2.45) is 0 Å². The van der Waals surface area contributed by atoms with E-state index in [0.717, 1.165) is 12.8 Å². The molecule has 0 atom stereocenters. The molecule has 1 aromatic carbocycles. The third-order valence-electron chi connectivity index (χ3n) is 3.74. The maximum atomic E-state index is 12.5. The molecule has 0 N–H and O–H groups in total. The van der Waals surface area contributed by atoms with Crippen molar-refractivity contribution in [1.82, 2.24) is 9.88 Å². The molecule has 1 amide bonds. The Morgan fingerprint density at radius 1 is 1.32 bits per heavy atom. The molecule has 1 aliphatic carbocycles. The second kappa shape index (κ2) is 7.57. The molecule has 1 aromatic heterocycles. The van der Waals surface area contributed by atoms with Crippen LogP contribution >= 0.6 is 11.6 Å². The van der Waals surface area contributed by atoms with E-state index in [-0.39, 0.29) is 36.7 Å². The van der Waals surface area contributed by atoms with Crippen LogP contribution in [0.4, 0.5) is 0 Å². The number of ether oxygens (including phenoxy) is 2. The standard InChI is InChI=1S/C17H17ClN2O5/c1-23-17(22)14-9-25-15(19-14)8-20(12-4-5-12)16(21)10-24-13-6-2-11(18)3-7-13/h2-3,6-7,9,12H,4-5,8,10H2,1H3. The first-order chi connectivity index (χ1) is 12.1. The molecule has 1 fully saturated rings. The van der Waals surface area contributed by atoms with Crippen molar-refractivity contribution in [3.63, 3.8) is 0 Å². The molecule has 7 nitrogen and oxygen atoms in total. The van der Waals surface area contributed by atoms with Crippen LogP contribution < -0.4 is 4.74 Å². The van der Waals surface area contributed by atoms with Crippen LogP contribution in [-0.2, 0) is 16.1 Å². The third kappa shape index (κ3) is 4.51. The number of carbonyl (C=O) groups excluding carboxylic acids is 2. The summed E-state index contributed by atoms with van der Waals surface area (Å²) in [6.07, 6.45) is 3.08. The van der Waals surface area contributed by atoms with Crippen LogP contribution in [0, 0.1) is 0 Å². The highest BCUT2D eigenvalue weighted by Gasteiger charge is 2.34. The van der Waals surface area contributed by atoms with E-state index in [1.165, 1.54) is 13.4 Å². The number of benzene rings is 1. The van der Waals surface area contributed by atoms with E-state index in [0.29, 0.717) is 10.8 Å². The Bertz CT molecular complexity index is 755. The summed E-state index contributed by atoms with van der Waals surface area (Å²) in [6, 6.07) is 6.94. The molecule has 8 heteroatoms. The second-order valence-electron chi connectivity index (χ2n) is 5.61. The highest BCUT2D eigenvalue weighted by Crippen LogP contribution is 2.28. The lowest BCUT2D eigenvalue weighted by atomic mass is 10.3. The summed E-state index contributed by atoms with van der Waals surface area (Å²) in [4.78, 5) is 29.6. The Balaban J connectivity index is 1.60. The van der Waals surface area contributed by atoms with Gasteiger partial charge in [-0.1, -0.05) is 11.6 Å². The van der Waals surface area contributed by atoms with E-state index in [2.05, 4.69) is 9.72 Å². The Morgan fingerprint density at radius 3 is 2.68 bits per heavy atom. The molecule has 0 unspecified atom stereocenters. The van der Waals surface area contributed by atoms with Crippen LogP contribution in [0.5, 0.6) is 5.75 Å². The molecule has 132 valence electrons. The van der Waals surface area contributed by atoms with Gasteiger partial charge in [-0.15, -0.1) is 0 Å². The van der Waals surface area contributed by atoms with Gasteiger partial charge < -0.3 is 18.8 Å². The lowest BCUT2D eigenvalue weighted by Gasteiger charge is -2.20. The predicted octanol–water partition coefficient (Wildman–Crippen LogP) is 2.68. The third-order valence-corrected chi connectivity index (χ3v) is 3.99. The summed E-state index contributed by atoms with van der Waals surface area (Å²) in [5.74, 6) is 0.102. The van der Waals surface area contributed by atoms with Gasteiger partial charge in [0.05, 0.1) is 13.7 Å². The topological polar surface area (TPSA) is 81.9 Å². The van der Waals surface area contributed by atoms with Gasteiger partial charge in [0.1, 0.15) is 12.0 Å². The summed E-state index contributed by atoms with van der Waals surface area (Å²) >= 11 is 5.82. The minimum atomic E-state index is -0.578. The lowest BCUT2D eigenvalue weighted by molar-refractivity contribution is -0.134. The number of hydrogen-bond acceptors (Lipinski definition) is 6. The minimum absolute atomic E-state index is 0.0816. The van der Waals surface area contributed by atoms with E-state index in [9.17, 15) is 9.59 Å². The summed E-state index contributed by atoms with van der Waals surface area (Å²) in [5.41, 5.74) is 0.0816. The second-order valence-corrected chi connectivity index (χ2v) is 6.05. The maximum Gasteiger partial charge on any atom is 0.360 e. The van der Waals surface area contributed by atoms with Crippen molar-refractivity contribution >= 4 is 23.5 Å². The number of amides is 1. The largest absolute Gasteiger partial charge is 0.484 e. The van der Waals surface area contributed by atoms with Gasteiger partial charge in [0.2, 0.25) is 5.89 Å². The molecule has 1 saturated carbocycles. The molecule has 0 saturated heterocycles. The number of rotatable bonds is 7. The fourth-order valence-electron chi connectivity index (χ4n) is 2.29. The van der Waals surface area contributed by atoms with Crippen molar-refractivity contribution in [1.29, 1.82) is 0 Å². The smallest absolute Gasteiger partial charge is 0.360 e. The molecule has 1 heterocycles. The van der Waals surface area contributed by atoms with Crippen molar-refractivity contribution in [2.75, 3.05) is 13.7 Å². The van der Waals surface area contributed by atoms with Gasteiger partial charge in [0.25, 0.3) is 5.91 Å². The lowest BCUT2D eigenvalue weighted by Crippen LogP contribution is -2.36. The van der Waals surface area contributed by atoms with Gasteiger partial charge in [-0.2, -0.15) is 0 Å². The van der Waals surface area contributed by atoms with Crippen LogP contribution in [0.3, 0.4) is 0 Å². The van der Waals surface area contributed by atoms with E-state index in [4.69, 9.17) is 20.8 Å². The molecular formula is C17H17ClN2O5. The first-order valence-corrected chi connectivity index (χ1v) is 8.15. The minimum Gasteiger partial charge on any atom is -0.484 e. The number of halogens is 1. The first kappa shape index (κ1) is 17.3. The van der Waals surface area contributed by atoms with Gasteiger partial charge in [0.15, 0.2) is 12.3 Å². The Hall–Kier alpha value is -2.54. The highest BCUT2D eigenvalue weighted by atomic mass is 35.5. The van der Waals surface area contributed by atoms with Crippen molar-refractivity contribution in [2.45, 2.75) is 25.4 Å². The number of methoxy groups -OCH3 is 1. The average molecular weight is 365 g/mol. The molecule has 0 radical (unpaired) electrons. The highest BCUT2D eigenvalue weighted by molar-refractivity contribution is 6.30. The van der Waals surface area contributed by atoms with Gasteiger partial charge in [-0.3, -0.25) is 4.79 Å². The number of nitrogens with zero attached hydrogens (tertiary/aromatic N) is 2. The van der Waals surface area contributed by atoms with Crippen LogP contribution in [-0.4, -0.2) is 41.5 Å². The van der Waals surface area contributed by atoms with E-state index in [1.54, 1.807) is 29.2 Å². The fraction of sp³-hybridized carbons (Fsp3) is 0.353. The van der Waals surface area contributed by atoms with Gasteiger partial charge in [-0.25, -0.2) is 9.78 Å². The summed E-state index contributed by atoms with van der Waals surface area (Å²) in [6.45, 7) is 0.0904. The molecule has 2 aromatic rings. The first-order valence-electron chi connectivity index (χ1n) is 7.77. The summed E-state index contributed by atoms with van der Waals surface area (Å²) in [7, 11) is 1.27. The molecule has 1 aliphatic rings. The Labute approximate surface area is 149 Å². The molecule has 0 spiro atoms. The molecule has 0 bridgehead atoms. The van der Waals surface area contributed by atoms with Crippen molar-refractivity contribution in [3.8, 4) is 5.75 Å². The monoisotopic (exact) mass is 364 g/mol. The number of oxazole rings is 1. The normalized spacial score (nSPS) is 13.4. The zero-order valence-corrected chi connectivity index (χ0v) is 14.4. The SMILES string of the molecule is COC(=O)c1coc(CN(C(=O)COc2ccc(Cl)cc2)C2CC2)n1. The van der Waals surface area contributed by atoms with Crippen molar-refractivity contribution in [3.05, 3.63) is 47.1 Å². The van der Waals surface area contributed by atoms with Gasteiger partial charge in [0, 0.05) is 11.1 Å². The van der Waals surface area contributed by atoms with E-state index < -0.39 is 5.97 Å². The Morgan fingerprint density at radius 2 is 2.04 bits per heavy atom. The number of esters is 1. The maximum absolute atomic E-state index is 12.5. The fourth-order valence-corrected chi connectivity index (χ4v) is 2.42. The number of hydrogen-bond donors (Lipinski definition) is 0. The van der Waals surface area contributed by atoms with E-state index in [1.807, 2.05) is 0 Å². The van der Waals surface area contributed by atoms with Crippen LogP contribution in [0.1, 0.15) is 29.2 Å². The zero-order valence-electron chi connectivity index (χ0n) is 13.6.